The highest BCUT2D eigenvalue weighted by atomic mass is 16.6. The first-order valence-corrected chi connectivity index (χ1v) is 12.8. The highest BCUT2D eigenvalue weighted by molar-refractivity contribution is 5.88. The van der Waals surface area contributed by atoms with E-state index in [0.29, 0.717) is 25.9 Å². The second kappa shape index (κ2) is 10.9. The summed E-state index contributed by atoms with van der Waals surface area (Å²) in [5.41, 5.74) is 5.74. The predicted molar refractivity (Wildman–Crippen MR) is 128 cm³/mol. The minimum absolute atomic E-state index is 0.237. The Kier molecular flexibility index (Phi) is 7.91. The number of likely N-dealkylation sites (tertiary alicyclic amines) is 1. The summed E-state index contributed by atoms with van der Waals surface area (Å²) in [5.74, 6) is 0.511. The van der Waals surface area contributed by atoms with Gasteiger partial charge in [0.15, 0.2) is 5.60 Å². The molecule has 2 aliphatic carbocycles. The maximum absolute atomic E-state index is 13.5. The van der Waals surface area contributed by atoms with E-state index in [1.807, 2.05) is 30.3 Å². The Labute approximate surface area is 197 Å². The molecule has 182 valence electrons. The van der Waals surface area contributed by atoms with Crippen molar-refractivity contribution in [2.24, 2.45) is 11.7 Å². The molecule has 7 nitrogen and oxygen atoms in total. The topological polar surface area (TPSA) is 96.7 Å². The zero-order chi connectivity index (χ0) is 23.2. The van der Waals surface area contributed by atoms with Crippen molar-refractivity contribution in [2.45, 2.75) is 88.4 Å². The maximum atomic E-state index is 13.5. The van der Waals surface area contributed by atoms with Crippen molar-refractivity contribution in [3.63, 3.8) is 0 Å². The Hall–Kier alpha value is -2.12. The lowest BCUT2D eigenvalue weighted by Crippen LogP contribution is -2.64. The van der Waals surface area contributed by atoms with Crippen LogP contribution < -0.4 is 16.4 Å². The quantitative estimate of drug-likeness (QED) is 0.544. The van der Waals surface area contributed by atoms with Crippen LogP contribution in [0.2, 0.25) is 0 Å². The summed E-state index contributed by atoms with van der Waals surface area (Å²) >= 11 is 0. The number of carbonyl (C=O) groups excluding carboxylic acids is 2. The monoisotopic (exact) mass is 456 g/mol. The van der Waals surface area contributed by atoms with Crippen molar-refractivity contribution < 1.29 is 14.3 Å². The molecule has 0 radical (unpaired) electrons. The summed E-state index contributed by atoms with van der Waals surface area (Å²) in [5, 5.41) is 5.91. The van der Waals surface area contributed by atoms with Crippen LogP contribution in [0.4, 0.5) is 4.79 Å². The molecule has 1 unspecified atom stereocenters. The van der Waals surface area contributed by atoms with E-state index in [1.165, 1.54) is 32.1 Å². The number of rotatable bonds is 7. The van der Waals surface area contributed by atoms with Gasteiger partial charge in [0, 0.05) is 26.2 Å². The van der Waals surface area contributed by atoms with Gasteiger partial charge in [-0.1, -0.05) is 56.0 Å². The van der Waals surface area contributed by atoms with Crippen LogP contribution in [0.3, 0.4) is 0 Å². The van der Waals surface area contributed by atoms with Gasteiger partial charge in [0.2, 0.25) is 0 Å². The Morgan fingerprint density at radius 2 is 1.70 bits per heavy atom. The molecule has 4 rings (SSSR count). The molecule has 7 heteroatoms. The van der Waals surface area contributed by atoms with Gasteiger partial charge in [-0.05, 0) is 56.4 Å². The van der Waals surface area contributed by atoms with Gasteiger partial charge in [0.05, 0.1) is 0 Å². The third-order valence-electron chi connectivity index (χ3n) is 7.63. The number of carbonyl (C=O) groups is 2. The van der Waals surface area contributed by atoms with Gasteiger partial charge in [-0.2, -0.15) is 0 Å². The van der Waals surface area contributed by atoms with E-state index in [9.17, 15) is 9.59 Å². The maximum Gasteiger partial charge on any atom is 0.408 e. The van der Waals surface area contributed by atoms with Gasteiger partial charge in [0.1, 0.15) is 5.66 Å². The van der Waals surface area contributed by atoms with E-state index in [0.717, 1.165) is 50.3 Å². The SMILES string of the molecule is NC1(NC(=O)C2(OC(=O)NCc3ccccc3)CCCCC2)CCN(CC2CCCCC2)C1. The lowest BCUT2D eigenvalue weighted by molar-refractivity contribution is -0.145. The van der Waals surface area contributed by atoms with E-state index in [-0.39, 0.29) is 5.91 Å². The van der Waals surface area contributed by atoms with E-state index < -0.39 is 17.4 Å². The molecule has 1 aromatic rings. The van der Waals surface area contributed by atoms with Crippen LogP contribution in [0.15, 0.2) is 30.3 Å². The lowest BCUT2D eigenvalue weighted by Gasteiger charge is -2.38. The molecule has 1 saturated heterocycles. The van der Waals surface area contributed by atoms with E-state index in [1.54, 1.807) is 0 Å². The fourth-order valence-electron chi connectivity index (χ4n) is 5.73. The smallest absolute Gasteiger partial charge is 0.408 e. The molecule has 0 aromatic heterocycles. The van der Waals surface area contributed by atoms with Crippen molar-refractivity contribution in [1.29, 1.82) is 0 Å². The summed E-state index contributed by atoms with van der Waals surface area (Å²) in [6.45, 7) is 3.00. The van der Waals surface area contributed by atoms with Crippen molar-refractivity contribution in [1.82, 2.24) is 15.5 Å². The highest BCUT2D eigenvalue weighted by Gasteiger charge is 2.47. The number of nitrogens with two attached hydrogens (primary N) is 1. The zero-order valence-electron chi connectivity index (χ0n) is 19.8. The number of amides is 2. The summed E-state index contributed by atoms with van der Waals surface area (Å²) in [4.78, 5) is 28.5. The molecule has 1 aromatic carbocycles. The third-order valence-corrected chi connectivity index (χ3v) is 7.63. The standard InChI is InChI=1S/C26H40N4O3/c27-26(16-17-30(20-26)19-22-12-6-2-7-13-22)29-23(31)25(14-8-3-9-15-25)33-24(32)28-18-21-10-4-1-5-11-21/h1,4-5,10-11,22H,2-3,6-9,12-20,27H2,(H,28,32)(H,29,31). The van der Waals surface area contributed by atoms with Gasteiger partial charge >= 0.3 is 6.09 Å². The fraction of sp³-hybridized carbons (Fsp3) is 0.692. The minimum atomic E-state index is -1.14. The number of hydrogen-bond donors (Lipinski definition) is 3. The minimum Gasteiger partial charge on any atom is -0.433 e. The Morgan fingerprint density at radius 1 is 1.00 bits per heavy atom. The van der Waals surface area contributed by atoms with Gasteiger partial charge in [-0.25, -0.2) is 4.79 Å². The van der Waals surface area contributed by atoms with E-state index >= 15 is 0 Å². The number of alkyl carbamates (subject to hydrolysis) is 1. The number of nitrogens with zero attached hydrogens (tertiary/aromatic N) is 1. The van der Waals surface area contributed by atoms with Crippen LogP contribution in [0.1, 0.15) is 76.2 Å². The molecule has 33 heavy (non-hydrogen) atoms. The molecule has 4 N–H and O–H groups in total. The second-order valence-electron chi connectivity index (χ2n) is 10.4. The van der Waals surface area contributed by atoms with Crippen molar-refractivity contribution in [3.8, 4) is 0 Å². The molecule has 2 amide bonds. The summed E-state index contributed by atoms with van der Waals surface area (Å²) in [6, 6.07) is 9.68. The Morgan fingerprint density at radius 3 is 2.42 bits per heavy atom. The van der Waals surface area contributed by atoms with Crippen LogP contribution in [0.5, 0.6) is 0 Å². The Bertz CT molecular complexity index is 790. The molecule has 0 spiro atoms. The molecule has 3 aliphatic rings. The largest absolute Gasteiger partial charge is 0.433 e. The van der Waals surface area contributed by atoms with Crippen molar-refractivity contribution >= 4 is 12.0 Å². The first-order chi connectivity index (χ1) is 16.0. The van der Waals surface area contributed by atoms with Gasteiger partial charge in [0.25, 0.3) is 5.91 Å². The average molecular weight is 457 g/mol. The normalized spacial score (nSPS) is 26.0. The fourth-order valence-corrected chi connectivity index (χ4v) is 5.73. The second-order valence-corrected chi connectivity index (χ2v) is 10.4. The Balaban J connectivity index is 1.33. The molecular weight excluding hydrogens is 416 g/mol. The van der Waals surface area contributed by atoms with E-state index in [4.69, 9.17) is 10.5 Å². The summed E-state index contributed by atoms with van der Waals surface area (Å²) in [6.07, 6.45) is 10.7. The van der Waals surface area contributed by atoms with Gasteiger partial charge in [-0.15, -0.1) is 0 Å². The molecular formula is C26H40N4O3. The molecule has 3 fully saturated rings. The number of ether oxygens (including phenoxy) is 1. The van der Waals surface area contributed by atoms with Gasteiger partial charge < -0.3 is 21.1 Å². The van der Waals surface area contributed by atoms with Crippen molar-refractivity contribution in [3.05, 3.63) is 35.9 Å². The molecule has 0 bridgehead atoms. The van der Waals surface area contributed by atoms with Crippen LogP contribution in [-0.4, -0.2) is 47.8 Å². The highest BCUT2D eigenvalue weighted by Crippen LogP contribution is 2.33. The first kappa shape index (κ1) is 24.0. The average Bonchev–Trinajstić information content (AvgIpc) is 3.19. The van der Waals surface area contributed by atoms with Crippen LogP contribution in [0.25, 0.3) is 0 Å². The van der Waals surface area contributed by atoms with E-state index in [2.05, 4.69) is 15.5 Å². The lowest BCUT2D eigenvalue weighted by atomic mass is 9.83. The number of benzene rings is 1. The number of nitrogens with one attached hydrogen (secondary N) is 2. The third kappa shape index (κ3) is 6.48. The summed E-state index contributed by atoms with van der Waals surface area (Å²) in [7, 11) is 0. The molecule has 1 aliphatic heterocycles. The first-order valence-electron chi connectivity index (χ1n) is 12.8. The molecule has 2 saturated carbocycles. The van der Waals surface area contributed by atoms with Crippen LogP contribution in [-0.2, 0) is 16.1 Å². The summed E-state index contributed by atoms with van der Waals surface area (Å²) < 4.78 is 5.83. The number of hydrogen-bond acceptors (Lipinski definition) is 5. The van der Waals surface area contributed by atoms with Gasteiger partial charge in [-0.3, -0.25) is 9.69 Å². The van der Waals surface area contributed by atoms with Crippen LogP contribution in [0, 0.1) is 5.92 Å². The molecule has 1 heterocycles. The predicted octanol–water partition coefficient (Wildman–Crippen LogP) is 3.67. The zero-order valence-corrected chi connectivity index (χ0v) is 19.8. The molecule has 1 atom stereocenters. The van der Waals surface area contributed by atoms with Crippen molar-refractivity contribution in [2.75, 3.05) is 19.6 Å². The van der Waals surface area contributed by atoms with Crippen LogP contribution >= 0.6 is 0 Å².